The summed E-state index contributed by atoms with van der Waals surface area (Å²) in [5, 5.41) is 13.2. The van der Waals surface area contributed by atoms with E-state index in [2.05, 4.69) is 17.1 Å². The molecule has 6 nitrogen and oxygen atoms in total. The van der Waals surface area contributed by atoms with Crippen molar-refractivity contribution >= 4 is 5.91 Å². The minimum Gasteiger partial charge on any atom is -0.494 e. The number of hydrogen-bond acceptors (Lipinski definition) is 5. The Bertz CT molecular complexity index is 607. The predicted octanol–water partition coefficient (Wildman–Crippen LogP) is 2.06. The van der Waals surface area contributed by atoms with Crippen molar-refractivity contribution in [3.8, 4) is 11.5 Å². The maximum Gasteiger partial charge on any atom is 0.217 e. The molecule has 0 bridgehead atoms. The molecule has 1 aliphatic heterocycles. The third-order valence-electron chi connectivity index (χ3n) is 5.58. The lowest BCUT2D eigenvalue weighted by atomic mass is 9.77. The molecule has 1 heterocycles. The molecule has 0 aromatic heterocycles. The van der Waals surface area contributed by atoms with E-state index in [1.807, 2.05) is 24.3 Å². The van der Waals surface area contributed by atoms with Crippen LogP contribution >= 0.6 is 0 Å². The van der Waals surface area contributed by atoms with Crippen LogP contribution < -0.4 is 14.8 Å². The van der Waals surface area contributed by atoms with Crippen LogP contribution in [0.4, 0.5) is 0 Å². The first-order chi connectivity index (χ1) is 13.0. The maximum absolute atomic E-state index is 11.3. The van der Waals surface area contributed by atoms with Crippen molar-refractivity contribution in [1.82, 2.24) is 10.2 Å². The summed E-state index contributed by atoms with van der Waals surface area (Å²) < 4.78 is 11.5. The highest BCUT2D eigenvalue weighted by Crippen LogP contribution is 2.36. The number of carbonyl (C=O) groups is 1. The molecule has 1 aromatic carbocycles. The summed E-state index contributed by atoms with van der Waals surface area (Å²) in [6.45, 7) is 7.87. The molecule has 6 heteroatoms. The number of benzene rings is 1. The average Bonchev–Trinajstić information content (AvgIpc) is 3.02. The Hall–Kier alpha value is -1.79. The predicted molar refractivity (Wildman–Crippen MR) is 104 cm³/mol. The smallest absolute Gasteiger partial charge is 0.217 e. The Morgan fingerprint density at radius 1 is 1.11 bits per heavy atom. The third-order valence-corrected chi connectivity index (χ3v) is 5.58. The van der Waals surface area contributed by atoms with Gasteiger partial charge in [0.05, 0.1) is 18.8 Å². The van der Waals surface area contributed by atoms with E-state index in [0.717, 1.165) is 57.0 Å². The van der Waals surface area contributed by atoms with Crippen molar-refractivity contribution in [2.45, 2.75) is 45.3 Å². The van der Waals surface area contributed by atoms with Gasteiger partial charge in [0.15, 0.2) is 0 Å². The minimum absolute atomic E-state index is 0.0631. The molecular weight excluding hydrogens is 344 g/mol. The molecule has 1 amide bonds. The van der Waals surface area contributed by atoms with E-state index >= 15 is 0 Å². The lowest BCUT2D eigenvalue weighted by molar-refractivity contribution is -0.121. The fourth-order valence-corrected chi connectivity index (χ4v) is 4.27. The van der Waals surface area contributed by atoms with Gasteiger partial charge in [-0.3, -0.25) is 9.69 Å². The van der Waals surface area contributed by atoms with Gasteiger partial charge in [-0.15, -0.1) is 0 Å². The zero-order valence-electron chi connectivity index (χ0n) is 16.4. The van der Waals surface area contributed by atoms with Gasteiger partial charge >= 0.3 is 0 Å². The molecule has 2 aliphatic rings. The van der Waals surface area contributed by atoms with Gasteiger partial charge in [0.25, 0.3) is 0 Å². The highest BCUT2D eigenvalue weighted by atomic mass is 16.5. The van der Waals surface area contributed by atoms with E-state index in [0.29, 0.717) is 18.4 Å². The van der Waals surface area contributed by atoms with Crippen LogP contribution in [0.1, 0.15) is 33.1 Å². The number of rotatable bonds is 8. The molecule has 1 aromatic rings. The molecule has 2 N–H and O–H groups in total. The number of nitrogens with one attached hydrogen (secondary N) is 1. The van der Waals surface area contributed by atoms with Crippen LogP contribution in [0.3, 0.4) is 0 Å². The molecule has 1 saturated carbocycles. The number of carbonyl (C=O) groups excluding carboxylic acids is 1. The second-order valence-corrected chi connectivity index (χ2v) is 7.79. The van der Waals surface area contributed by atoms with Gasteiger partial charge in [-0.05, 0) is 55.4 Å². The van der Waals surface area contributed by atoms with Gasteiger partial charge < -0.3 is 19.9 Å². The quantitative estimate of drug-likeness (QED) is 0.727. The number of likely N-dealkylation sites (tertiary alicyclic amines) is 1. The van der Waals surface area contributed by atoms with E-state index in [1.165, 1.54) is 6.92 Å². The minimum atomic E-state index is -0.431. The molecule has 27 heavy (non-hydrogen) atoms. The van der Waals surface area contributed by atoms with E-state index in [1.54, 1.807) is 0 Å². The Labute approximate surface area is 161 Å². The van der Waals surface area contributed by atoms with Crippen LogP contribution in [0.5, 0.6) is 11.5 Å². The van der Waals surface area contributed by atoms with E-state index < -0.39 is 6.10 Å². The van der Waals surface area contributed by atoms with Gasteiger partial charge in [0, 0.05) is 26.6 Å². The normalized spacial score (nSPS) is 27.8. The first-order valence-electron chi connectivity index (χ1n) is 10.1. The van der Waals surface area contributed by atoms with Crippen LogP contribution in [0, 0.1) is 11.8 Å². The second kappa shape index (κ2) is 9.42. The molecule has 1 aliphatic carbocycles. The van der Waals surface area contributed by atoms with Crippen LogP contribution in [0.2, 0.25) is 0 Å². The van der Waals surface area contributed by atoms with Crippen molar-refractivity contribution < 1.29 is 19.4 Å². The summed E-state index contributed by atoms with van der Waals surface area (Å²) >= 11 is 0. The summed E-state index contributed by atoms with van der Waals surface area (Å²) in [6.07, 6.45) is 2.20. The topological polar surface area (TPSA) is 71.0 Å². The van der Waals surface area contributed by atoms with Gasteiger partial charge in [-0.25, -0.2) is 0 Å². The molecule has 4 atom stereocenters. The van der Waals surface area contributed by atoms with E-state index in [4.69, 9.17) is 9.47 Å². The van der Waals surface area contributed by atoms with Crippen molar-refractivity contribution in [1.29, 1.82) is 0 Å². The average molecular weight is 376 g/mol. The monoisotopic (exact) mass is 376 g/mol. The van der Waals surface area contributed by atoms with Crippen molar-refractivity contribution in [3.63, 3.8) is 0 Å². The van der Waals surface area contributed by atoms with Crippen LogP contribution in [-0.4, -0.2) is 60.9 Å². The number of aliphatic hydroxyl groups excluding tert-OH is 1. The number of fused-ring (bicyclic) bond motifs is 1. The Morgan fingerprint density at radius 3 is 2.30 bits per heavy atom. The highest BCUT2D eigenvalue weighted by Gasteiger charge is 2.41. The molecule has 3 rings (SSSR count). The first-order valence-corrected chi connectivity index (χ1v) is 10.1. The van der Waals surface area contributed by atoms with Crippen LogP contribution in [-0.2, 0) is 4.79 Å². The van der Waals surface area contributed by atoms with E-state index in [-0.39, 0.29) is 11.9 Å². The number of hydrogen-bond donors (Lipinski definition) is 2. The SMILES string of the molecule is CCCOc1ccc(OCCN2C[C@H]3C[C@@H](NC(C)=O)[C@H](O)C[C@H]3C2)cc1. The molecule has 150 valence electrons. The number of aliphatic hydroxyl groups is 1. The largest absolute Gasteiger partial charge is 0.494 e. The number of nitrogens with zero attached hydrogens (tertiary/aromatic N) is 1. The molecular formula is C21H32N2O4. The van der Waals surface area contributed by atoms with Crippen LogP contribution in [0.15, 0.2) is 24.3 Å². The molecule has 2 fully saturated rings. The summed E-state index contributed by atoms with van der Waals surface area (Å²) in [6, 6.07) is 7.68. The zero-order chi connectivity index (χ0) is 19.2. The van der Waals surface area contributed by atoms with Gasteiger partial charge in [0.1, 0.15) is 18.1 Å². The summed E-state index contributed by atoms with van der Waals surface area (Å²) in [7, 11) is 0. The summed E-state index contributed by atoms with van der Waals surface area (Å²) in [5.74, 6) is 2.73. The zero-order valence-corrected chi connectivity index (χ0v) is 16.4. The van der Waals surface area contributed by atoms with Gasteiger partial charge in [-0.2, -0.15) is 0 Å². The summed E-state index contributed by atoms with van der Waals surface area (Å²) in [4.78, 5) is 13.7. The van der Waals surface area contributed by atoms with E-state index in [9.17, 15) is 9.90 Å². The Kier molecular flexibility index (Phi) is 6.96. The highest BCUT2D eigenvalue weighted by molar-refractivity contribution is 5.73. The number of amides is 1. The fourth-order valence-electron chi connectivity index (χ4n) is 4.27. The first kappa shape index (κ1) is 20.0. The number of ether oxygens (including phenoxy) is 2. The molecule has 1 saturated heterocycles. The lowest BCUT2D eigenvalue weighted by Gasteiger charge is -2.35. The van der Waals surface area contributed by atoms with Crippen molar-refractivity contribution in [3.05, 3.63) is 24.3 Å². The van der Waals surface area contributed by atoms with Gasteiger partial charge in [-0.1, -0.05) is 6.92 Å². The Balaban J connectivity index is 1.41. The third kappa shape index (κ3) is 5.59. The van der Waals surface area contributed by atoms with Crippen LogP contribution in [0.25, 0.3) is 0 Å². The summed E-state index contributed by atoms with van der Waals surface area (Å²) in [5.41, 5.74) is 0. The standard InChI is InChI=1S/C21H32N2O4/c1-3-9-26-18-4-6-19(7-5-18)27-10-8-23-13-16-11-20(22-15(2)24)21(25)12-17(16)14-23/h4-7,16-17,20-21,25H,3,8-14H2,1-2H3,(H,22,24)/t16-,17+,20-,21-/m1/s1. The molecule has 0 spiro atoms. The second-order valence-electron chi connectivity index (χ2n) is 7.79. The van der Waals surface area contributed by atoms with Crippen molar-refractivity contribution in [2.24, 2.45) is 11.8 Å². The Morgan fingerprint density at radius 2 is 1.70 bits per heavy atom. The lowest BCUT2D eigenvalue weighted by Crippen LogP contribution is -2.48. The molecule has 0 unspecified atom stereocenters. The molecule has 0 radical (unpaired) electrons. The van der Waals surface area contributed by atoms with Gasteiger partial charge in [0.2, 0.25) is 5.91 Å². The van der Waals surface area contributed by atoms with Crippen molar-refractivity contribution in [2.75, 3.05) is 32.8 Å². The maximum atomic E-state index is 11.3. The fraction of sp³-hybridized carbons (Fsp3) is 0.667.